The van der Waals surface area contributed by atoms with Crippen molar-refractivity contribution in [2.45, 2.75) is 264 Å². The van der Waals surface area contributed by atoms with Crippen molar-refractivity contribution < 1.29 is 52.2 Å². The monoisotopic (exact) mass is 981 g/mol. The molecule has 0 saturated heterocycles. The second-order valence-corrected chi connectivity index (χ2v) is 19.8. The van der Waals surface area contributed by atoms with Gasteiger partial charge in [-0.25, -0.2) is 4.57 Å². The van der Waals surface area contributed by atoms with Gasteiger partial charge in [-0.15, -0.1) is 0 Å². The summed E-state index contributed by atoms with van der Waals surface area (Å²) in [5.41, 5.74) is 0. The van der Waals surface area contributed by atoms with Crippen LogP contribution < -0.4 is 0 Å². The Labute approximate surface area is 415 Å². The molecule has 0 aromatic heterocycles. The van der Waals surface area contributed by atoms with Gasteiger partial charge in [0.1, 0.15) is 12.7 Å². The summed E-state index contributed by atoms with van der Waals surface area (Å²) < 4.78 is 39.4. The van der Waals surface area contributed by atoms with Crippen LogP contribution in [0.4, 0.5) is 0 Å². The summed E-state index contributed by atoms with van der Waals surface area (Å²) in [6.45, 7) is 4.48. The van der Waals surface area contributed by atoms with Gasteiger partial charge in [-0.1, -0.05) is 211 Å². The predicted molar refractivity (Wildman–Crippen MR) is 279 cm³/mol. The maximum Gasteiger partial charge on any atom is 0.472 e. The van der Waals surface area contributed by atoms with Crippen LogP contribution in [0.3, 0.4) is 0 Å². The Bertz CT molecular complexity index is 1330. The molecule has 0 aliphatic carbocycles. The minimum absolute atomic E-state index is 0.167. The standard InChI is InChI=1S/C56H101O11P/c1-4-7-10-13-16-19-22-24-26-28-31-33-36-39-42-45-54(58)63-49-53(67-56(60)47-44-41-38-35-32-29-27-25-23-20-17-14-11-8-5-2)51-65-68(61,62)64-50-52(48-57)66-55(59)46-43-40-37-34-30-21-18-15-12-9-6-3/h7,10,15-16,18-19,24,26,52-53,57H,4-6,8-9,11-14,17,20-23,25,27-51H2,1-3H3,(H,61,62)/b10-7-,18-15-,19-16-,26-24-. The van der Waals surface area contributed by atoms with Crippen molar-refractivity contribution in [3.05, 3.63) is 48.6 Å². The Morgan fingerprint density at radius 2 is 0.779 bits per heavy atom. The van der Waals surface area contributed by atoms with Gasteiger partial charge in [0.05, 0.1) is 19.8 Å². The van der Waals surface area contributed by atoms with Crippen molar-refractivity contribution in [2.24, 2.45) is 0 Å². The number of hydrogen-bond donors (Lipinski definition) is 2. The lowest BCUT2D eigenvalue weighted by Crippen LogP contribution is -2.30. The minimum atomic E-state index is -4.74. The van der Waals surface area contributed by atoms with Crippen LogP contribution in [0, 0.1) is 0 Å². The van der Waals surface area contributed by atoms with Crippen molar-refractivity contribution in [2.75, 3.05) is 26.4 Å². The maximum atomic E-state index is 12.9. The molecule has 0 spiro atoms. The smallest absolute Gasteiger partial charge is 0.462 e. The Balaban J connectivity index is 4.75. The van der Waals surface area contributed by atoms with Crippen molar-refractivity contribution in [1.82, 2.24) is 0 Å². The number of rotatable bonds is 51. The number of phosphoric acid groups is 1. The van der Waals surface area contributed by atoms with Gasteiger partial charge in [0.25, 0.3) is 0 Å². The van der Waals surface area contributed by atoms with Crippen LogP contribution >= 0.6 is 7.82 Å². The Hall–Kier alpha value is -2.56. The molecule has 0 heterocycles. The van der Waals surface area contributed by atoms with Gasteiger partial charge in [0, 0.05) is 19.3 Å². The summed E-state index contributed by atoms with van der Waals surface area (Å²) in [6.07, 6.45) is 52.2. The highest BCUT2D eigenvalue weighted by molar-refractivity contribution is 7.47. The number of aliphatic hydroxyl groups is 1. The highest BCUT2D eigenvalue weighted by Crippen LogP contribution is 2.43. The molecule has 11 nitrogen and oxygen atoms in total. The molecule has 0 aliphatic heterocycles. The van der Waals surface area contributed by atoms with Crippen molar-refractivity contribution in [3.63, 3.8) is 0 Å². The largest absolute Gasteiger partial charge is 0.472 e. The Morgan fingerprint density at radius 1 is 0.426 bits per heavy atom. The quantitative estimate of drug-likeness (QED) is 0.0197. The fraction of sp³-hybridized carbons (Fsp3) is 0.804. The minimum Gasteiger partial charge on any atom is -0.462 e. The zero-order valence-electron chi connectivity index (χ0n) is 43.6. The number of aliphatic hydroxyl groups excluding tert-OH is 1. The van der Waals surface area contributed by atoms with E-state index in [4.69, 9.17) is 23.3 Å². The molecule has 2 N–H and O–H groups in total. The maximum absolute atomic E-state index is 12.9. The lowest BCUT2D eigenvalue weighted by Gasteiger charge is -2.21. The van der Waals surface area contributed by atoms with E-state index in [9.17, 15) is 28.9 Å². The first-order chi connectivity index (χ1) is 33.2. The van der Waals surface area contributed by atoms with Gasteiger partial charge < -0.3 is 24.2 Å². The van der Waals surface area contributed by atoms with E-state index in [-0.39, 0.29) is 25.9 Å². The van der Waals surface area contributed by atoms with Gasteiger partial charge in [-0.3, -0.25) is 23.4 Å². The second-order valence-electron chi connectivity index (χ2n) is 18.4. The van der Waals surface area contributed by atoms with E-state index in [0.717, 1.165) is 109 Å². The third-order valence-corrected chi connectivity index (χ3v) is 12.7. The van der Waals surface area contributed by atoms with Crippen molar-refractivity contribution in [1.29, 1.82) is 0 Å². The SMILES string of the molecule is CC/C=C\C/C=C\C/C=C\CCCCCCCC(=O)OCC(COP(=O)(O)OCC(CO)OC(=O)CCCCCCC/C=C\CCCC)OC(=O)CCCCCCCCCCCCCCCCC. The molecule has 68 heavy (non-hydrogen) atoms. The Morgan fingerprint density at radius 3 is 1.24 bits per heavy atom. The summed E-state index contributed by atoms with van der Waals surface area (Å²) in [5.74, 6) is -1.48. The van der Waals surface area contributed by atoms with E-state index < -0.39 is 57.8 Å². The molecular weight excluding hydrogens is 880 g/mol. The third-order valence-electron chi connectivity index (χ3n) is 11.7. The molecule has 396 valence electrons. The van der Waals surface area contributed by atoms with Gasteiger partial charge in [0.2, 0.25) is 0 Å². The van der Waals surface area contributed by atoms with E-state index in [0.29, 0.717) is 19.3 Å². The van der Waals surface area contributed by atoms with Crippen LogP contribution in [-0.2, 0) is 42.2 Å². The number of unbranched alkanes of at least 4 members (excludes halogenated alkanes) is 26. The zero-order chi connectivity index (χ0) is 49.9. The first-order valence-electron chi connectivity index (χ1n) is 27.5. The first kappa shape index (κ1) is 65.4. The number of esters is 3. The van der Waals surface area contributed by atoms with E-state index in [2.05, 4.69) is 69.4 Å². The van der Waals surface area contributed by atoms with Crippen LogP contribution in [0.25, 0.3) is 0 Å². The summed E-state index contributed by atoms with van der Waals surface area (Å²) in [6, 6.07) is 0. The van der Waals surface area contributed by atoms with Crippen LogP contribution in [0.5, 0.6) is 0 Å². The number of phosphoric ester groups is 1. The molecule has 0 fully saturated rings. The first-order valence-corrected chi connectivity index (χ1v) is 29.0. The third kappa shape index (κ3) is 48.5. The molecule has 12 heteroatoms. The van der Waals surface area contributed by atoms with E-state index >= 15 is 0 Å². The Kier molecular flexibility index (Phi) is 48.9. The molecule has 0 bridgehead atoms. The molecule has 0 aliphatic rings. The normalized spacial score (nSPS) is 13.8. The highest BCUT2D eigenvalue weighted by Gasteiger charge is 2.28. The van der Waals surface area contributed by atoms with Gasteiger partial charge in [-0.05, 0) is 70.6 Å². The summed E-state index contributed by atoms with van der Waals surface area (Å²) in [7, 11) is -4.74. The molecule has 0 rings (SSSR count). The lowest BCUT2D eigenvalue weighted by atomic mass is 10.0. The number of carbonyl (C=O) groups is 3. The number of ether oxygens (including phenoxy) is 3. The fourth-order valence-corrected chi connectivity index (χ4v) is 8.31. The molecule has 0 radical (unpaired) electrons. The van der Waals surface area contributed by atoms with E-state index in [1.165, 1.54) is 83.5 Å². The molecule has 0 saturated carbocycles. The number of allylic oxidation sites excluding steroid dienone is 8. The molecular formula is C56H101O11P. The van der Waals surface area contributed by atoms with Crippen molar-refractivity contribution in [3.8, 4) is 0 Å². The number of hydrogen-bond acceptors (Lipinski definition) is 10. The molecule has 0 aromatic rings. The molecule has 3 unspecified atom stereocenters. The van der Waals surface area contributed by atoms with Gasteiger partial charge in [-0.2, -0.15) is 0 Å². The average molecular weight is 981 g/mol. The van der Waals surface area contributed by atoms with E-state index in [1.807, 2.05) is 0 Å². The fourth-order valence-electron chi connectivity index (χ4n) is 7.53. The second kappa shape index (κ2) is 50.8. The highest BCUT2D eigenvalue weighted by atomic mass is 31.2. The number of carbonyl (C=O) groups excluding carboxylic acids is 3. The van der Waals surface area contributed by atoms with Crippen LogP contribution in [0.15, 0.2) is 48.6 Å². The van der Waals surface area contributed by atoms with E-state index in [1.54, 1.807) is 0 Å². The topological polar surface area (TPSA) is 155 Å². The zero-order valence-corrected chi connectivity index (χ0v) is 44.5. The molecule has 0 aromatic carbocycles. The predicted octanol–water partition coefficient (Wildman–Crippen LogP) is 15.8. The van der Waals surface area contributed by atoms with Crippen LogP contribution in [0.1, 0.15) is 252 Å². The summed E-state index contributed by atoms with van der Waals surface area (Å²) in [4.78, 5) is 48.4. The van der Waals surface area contributed by atoms with Gasteiger partial charge >= 0.3 is 25.7 Å². The van der Waals surface area contributed by atoms with Crippen LogP contribution in [-0.4, -0.2) is 66.5 Å². The average Bonchev–Trinajstić information content (AvgIpc) is 3.32. The summed E-state index contributed by atoms with van der Waals surface area (Å²) >= 11 is 0. The van der Waals surface area contributed by atoms with Gasteiger partial charge in [0.15, 0.2) is 6.10 Å². The lowest BCUT2D eigenvalue weighted by molar-refractivity contribution is -0.161. The summed E-state index contributed by atoms with van der Waals surface area (Å²) in [5, 5.41) is 9.77. The van der Waals surface area contributed by atoms with Crippen LogP contribution in [0.2, 0.25) is 0 Å². The van der Waals surface area contributed by atoms with Crippen molar-refractivity contribution >= 4 is 25.7 Å². The molecule has 0 amide bonds. The molecule has 3 atom stereocenters.